The Kier molecular flexibility index (Phi) is 4.87. The highest BCUT2D eigenvalue weighted by molar-refractivity contribution is 7.89. The topological polar surface area (TPSA) is 98.2 Å². The molecule has 0 aliphatic heterocycles. The van der Waals surface area contributed by atoms with Gasteiger partial charge in [0.15, 0.2) is 0 Å². The number of aromatic hydroxyl groups is 1. The first-order valence-corrected chi connectivity index (χ1v) is 10.5. The van der Waals surface area contributed by atoms with Crippen LogP contribution in [0, 0.1) is 0 Å². The lowest BCUT2D eigenvalue weighted by Crippen LogP contribution is -2.12. The zero-order valence-corrected chi connectivity index (χ0v) is 16.6. The summed E-state index contributed by atoms with van der Waals surface area (Å²) in [5.74, 6) is 0.171. The molecule has 0 unspecified atom stereocenters. The Labute approximate surface area is 172 Å². The minimum absolute atomic E-state index is 0.0280. The summed E-state index contributed by atoms with van der Waals surface area (Å²) in [6, 6.07) is 22.2. The normalized spacial score (nSPS) is 11.5. The van der Waals surface area contributed by atoms with Gasteiger partial charge in [0, 0.05) is 16.1 Å². The Morgan fingerprint density at radius 3 is 2.03 bits per heavy atom. The molecule has 4 aromatic rings. The fraction of sp³-hybridized carbons (Fsp3) is 0. The van der Waals surface area contributed by atoms with Crippen LogP contribution in [0.4, 0.5) is 0 Å². The molecule has 146 valence electrons. The van der Waals surface area contributed by atoms with E-state index in [9.17, 15) is 13.5 Å². The standard InChI is InChI=1S/C21H16ClN3O3S/c22-16-5-1-15(2-6-16)21-13-20(14-3-9-18(26)10-4-14)24-25(21)17-7-11-19(12-8-17)29(23,27)28/h1-13,26H,(H2,23,27,28). The first-order valence-electron chi connectivity index (χ1n) is 8.60. The van der Waals surface area contributed by atoms with E-state index < -0.39 is 10.0 Å². The maximum atomic E-state index is 11.5. The molecule has 0 radical (unpaired) electrons. The molecule has 8 heteroatoms. The van der Waals surface area contributed by atoms with E-state index in [1.165, 1.54) is 12.1 Å². The van der Waals surface area contributed by atoms with Gasteiger partial charge in [-0.05, 0) is 66.7 Å². The second-order valence-electron chi connectivity index (χ2n) is 6.42. The summed E-state index contributed by atoms with van der Waals surface area (Å²) in [7, 11) is -3.78. The zero-order chi connectivity index (χ0) is 20.6. The molecule has 0 bridgehead atoms. The lowest BCUT2D eigenvalue weighted by atomic mass is 10.1. The van der Waals surface area contributed by atoms with Crippen LogP contribution in [0.2, 0.25) is 5.02 Å². The maximum absolute atomic E-state index is 11.5. The summed E-state index contributed by atoms with van der Waals surface area (Å²) in [4.78, 5) is 0.0280. The third kappa shape index (κ3) is 4.02. The summed E-state index contributed by atoms with van der Waals surface area (Å²) >= 11 is 6.02. The molecule has 0 fully saturated rings. The zero-order valence-electron chi connectivity index (χ0n) is 15.0. The van der Waals surface area contributed by atoms with Gasteiger partial charge in [-0.15, -0.1) is 0 Å². The highest BCUT2D eigenvalue weighted by Gasteiger charge is 2.15. The largest absolute Gasteiger partial charge is 0.508 e. The van der Waals surface area contributed by atoms with Crippen LogP contribution in [0.3, 0.4) is 0 Å². The number of hydrogen-bond donors (Lipinski definition) is 2. The molecule has 3 aromatic carbocycles. The number of nitrogens with zero attached hydrogens (tertiary/aromatic N) is 2. The third-order valence-corrected chi connectivity index (χ3v) is 5.60. The van der Waals surface area contributed by atoms with Gasteiger partial charge in [0.25, 0.3) is 0 Å². The van der Waals surface area contributed by atoms with Gasteiger partial charge < -0.3 is 5.11 Å². The van der Waals surface area contributed by atoms with Crippen LogP contribution in [0.1, 0.15) is 0 Å². The molecule has 0 aliphatic carbocycles. The quantitative estimate of drug-likeness (QED) is 0.511. The summed E-state index contributed by atoms with van der Waals surface area (Å²) in [5.41, 5.74) is 3.89. The highest BCUT2D eigenvalue weighted by Crippen LogP contribution is 2.30. The van der Waals surface area contributed by atoms with Crippen molar-refractivity contribution < 1.29 is 13.5 Å². The van der Waals surface area contributed by atoms with Crippen molar-refractivity contribution in [2.75, 3.05) is 0 Å². The van der Waals surface area contributed by atoms with E-state index in [1.54, 1.807) is 53.2 Å². The van der Waals surface area contributed by atoms with E-state index >= 15 is 0 Å². The predicted octanol–water partition coefficient (Wildman–Crippen LogP) is 4.21. The average Bonchev–Trinajstić information content (AvgIpc) is 3.14. The van der Waals surface area contributed by atoms with Crippen LogP contribution in [-0.4, -0.2) is 23.3 Å². The van der Waals surface area contributed by atoms with Crippen molar-refractivity contribution in [3.63, 3.8) is 0 Å². The Morgan fingerprint density at radius 1 is 0.862 bits per heavy atom. The molecule has 0 amide bonds. The molecule has 1 aromatic heterocycles. The lowest BCUT2D eigenvalue weighted by molar-refractivity contribution is 0.475. The molecular weight excluding hydrogens is 410 g/mol. The molecule has 29 heavy (non-hydrogen) atoms. The van der Waals surface area contributed by atoms with Crippen LogP contribution < -0.4 is 5.14 Å². The number of nitrogens with two attached hydrogens (primary N) is 1. The molecule has 0 saturated carbocycles. The third-order valence-electron chi connectivity index (χ3n) is 4.42. The molecular formula is C21H16ClN3O3S. The summed E-state index contributed by atoms with van der Waals surface area (Å²) < 4.78 is 24.8. The second kappa shape index (κ2) is 7.36. The fourth-order valence-corrected chi connectivity index (χ4v) is 3.60. The van der Waals surface area contributed by atoms with Crippen molar-refractivity contribution in [3.05, 3.63) is 83.9 Å². The van der Waals surface area contributed by atoms with Gasteiger partial charge in [0.05, 0.1) is 22.0 Å². The number of benzene rings is 3. The molecule has 6 nitrogen and oxygen atoms in total. The van der Waals surface area contributed by atoms with Crippen molar-refractivity contribution >= 4 is 21.6 Å². The Hall–Kier alpha value is -3.13. The smallest absolute Gasteiger partial charge is 0.238 e. The number of aromatic nitrogens is 2. The maximum Gasteiger partial charge on any atom is 0.238 e. The van der Waals surface area contributed by atoms with Crippen molar-refractivity contribution in [3.8, 4) is 34.0 Å². The van der Waals surface area contributed by atoms with Gasteiger partial charge >= 0.3 is 0 Å². The summed E-state index contributed by atoms with van der Waals surface area (Å²) in [6.45, 7) is 0. The monoisotopic (exact) mass is 425 g/mol. The van der Waals surface area contributed by atoms with Gasteiger partial charge in [-0.3, -0.25) is 0 Å². The van der Waals surface area contributed by atoms with Crippen molar-refractivity contribution in [2.45, 2.75) is 4.90 Å². The van der Waals surface area contributed by atoms with Crippen LogP contribution >= 0.6 is 11.6 Å². The number of halogens is 1. The van der Waals surface area contributed by atoms with Crippen molar-refractivity contribution in [2.24, 2.45) is 5.14 Å². The minimum Gasteiger partial charge on any atom is -0.508 e. The summed E-state index contributed by atoms with van der Waals surface area (Å²) in [6.07, 6.45) is 0. The SMILES string of the molecule is NS(=O)(=O)c1ccc(-n2nc(-c3ccc(O)cc3)cc2-c2ccc(Cl)cc2)cc1. The first kappa shape index (κ1) is 19.2. The molecule has 0 saturated heterocycles. The predicted molar refractivity (Wildman–Crippen MR) is 112 cm³/mol. The molecule has 4 rings (SSSR count). The number of sulfonamides is 1. The Morgan fingerprint density at radius 2 is 1.45 bits per heavy atom. The van der Waals surface area contributed by atoms with Gasteiger partial charge in [-0.25, -0.2) is 18.2 Å². The first-order chi connectivity index (χ1) is 13.8. The van der Waals surface area contributed by atoms with E-state index in [1.807, 2.05) is 18.2 Å². The van der Waals surface area contributed by atoms with E-state index in [-0.39, 0.29) is 10.6 Å². The molecule has 0 atom stereocenters. The molecule has 1 heterocycles. The van der Waals surface area contributed by atoms with Crippen LogP contribution in [0.15, 0.2) is 83.8 Å². The van der Waals surface area contributed by atoms with Gasteiger partial charge in [0.2, 0.25) is 10.0 Å². The Balaban J connectivity index is 1.86. The van der Waals surface area contributed by atoms with Gasteiger partial charge in [0.1, 0.15) is 5.75 Å². The van der Waals surface area contributed by atoms with Gasteiger partial charge in [-0.2, -0.15) is 5.10 Å². The number of hydrogen-bond acceptors (Lipinski definition) is 4. The number of phenols is 1. The second-order valence-corrected chi connectivity index (χ2v) is 8.42. The lowest BCUT2D eigenvalue weighted by Gasteiger charge is -2.08. The number of primary sulfonamides is 1. The highest BCUT2D eigenvalue weighted by atomic mass is 35.5. The van der Waals surface area contributed by atoms with Crippen LogP contribution in [-0.2, 0) is 10.0 Å². The molecule has 0 aliphatic rings. The van der Waals surface area contributed by atoms with Crippen LogP contribution in [0.25, 0.3) is 28.2 Å². The van der Waals surface area contributed by atoms with Gasteiger partial charge in [-0.1, -0.05) is 23.7 Å². The number of rotatable bonds is 4. The van der Waals surface area contributed by atoms with Crippen LogP contribution in [0.5, 0.6) is 5.75 Å². The molecule has 0 spiro atoms. The minimum atomic E-state index is -3.78. The fourth-order valence-electron chi connectivity index (χ4n) is 2.95. The average molecular weight is 426 g/mol. The van der Waals surface area contributed by atoms with E-state index in [0.717, 1.165) is 16.8 Å². The van der Waals surface area contributed by atoms with Crippen molar-refractivity contribution in [1.29, 1.82) is 0 Å². The summed E-state index contributed by atoms with van der Waals surface area (Å²) in [5, 5.41) is 20.0. The Bertz CT molecular complexity index is 1260. The molecule has 3 N–H and O–H groups in total. The number of phenolic OH excluding ortho intramolecular Hbond substituents is 1. The van der Waals surface area contributed by atoms with Crippen molar-refractivity contribution in [1.82, 2.24) is 9.78 Å². The van der Waals surface area contributed by atoms with E-state index in [0.29, 0.717) is 16.4 Å². The van der Waals surface area contributed by atoms with E-state index in [2.05, 4.69) is 0 Å². The van der Waals surface area contributed by atoms with E-state index in [4.69, 9.17) is 21.8 Å².